The average Bonchev–Trinajstić information content (AvgIpc) is 3.20. The molecule has 6 heteroatoms. The highest BCUT2D eigenvalue weighted by molar-refractivity contribution is 5.57. The molecular formula is C23H25FN2O3. The lowest BCUT2D eigenvalue weighted by atomic mass is 9.98. The van der Waals surface area contributed by atoms with Gasteiger partial charge in [0.15, 0.2) is 5.76 Å². The SMILES string of the molecule is O[C@H]1CC[C@@H](Cc2cc(-c3ccc(F)cc3)on2)O[C@@H]1CNCc1ccccc1. The number of benzene rings is 2. The number of aliphatic hydroxyl groups excluding tert-OH is 1. The van der Waals surface area contributed by atoms with Gasteiger partial charge in [-0.05, 0) is 42.7 Å². The predicted octanol–water partition coefficient (Wildman–Crippen LogP) is 3.72. The summed E-state index contributed by atoms with van der Waals surface area (Å²) in [5.41, 5.74) is 2.78. The Kier molecular flexibility index (Phi) is 6.34. The van der Waals surface area contributed by atoms with Crippen LogP contribution in [0.4, 0.5) is 4.39 Å². The first-order chi connectivity index (χ1) is 14.2. The summed E-state index contributed by atoms with van der Waals surface area (Å²) in [4.78, 5) is 0. The largest absolute Gasteiger partial charge is 0.390 e. The summed E-state index contributed by atoms with van der Waals surface area (Å²) in [6.07, 6.45) is 1.35. The van der Waals surface area contributed by atoms with E-state index in [2.05, 4.69) is 22.6 Å². The van der Waals surface area contributed by atoms with Gasteiger partial charge in [-0.15, -0.1) is 0 Å². The lowest BCUT2D eigenvalue weighted by Crippen LogP contribution is -2.45. The van der Waals surface area contributed by atoms with Gasteiger partial charge in [0.1, 0.15) is 5.82 Å². The molecule has 4 rings (SSSR count). The van der Waals surface area contributed by atoms with Gasteiger partial charge >= 0.3 is 0 Å². The topological polar surface area (TPSA) is 67.5 Å². The van der Waals surface area contributed by atoms with Crippen LogP contribution in [0.5, 0.6) is 0 Å². The third kappa shape index (κ3) is 5.29. The second kappa shape index (κ2) is 9.31. The first-order valence-corrected chi connectivity index (χ1v) is 9.97. The van der Waals surface area contributed by atoms with Crippen LogP contribution < -0.4 is 5.32 Å². The van der Waals surface area contributed by atoms with Crippen LogP contribution in [0.2, 0.25) is 0 Å². The number of ether oxygens (including phenoxy) is 1. The van der Waals surface area contributed by atoms with Gasteiger partial charge in [0.25, 0.3) is 0 Å². The van der Waals surface area contributed by atoms with E-state index in [0.717, 1.165) is 24.2 Å². The molecule has 0 unspecified atom stereocenters. The number of hydrogen-bond donors (Lipinski definition) is 2. The third-order valence-electron chi connectivity index (χ3n) is 5.22. The molecule has 1 fully saturated rings. The fourth-order valence-electron chi connectivity index (χ4n) is 3.63. The highest BCUT2D eigenvalue weighted by Crippen LogP contribution is 2.25. The van der Waals surface area contributed by atoms with Gasteiger partial charge in [-0.2, -0.15) is 0 Å². The molecule has 1 saturated heterocycles. The molecule has 1 aromatic heterocycles. The lowest BCUT2D eigenvalue weighted by Gasteiger charge is -2.34. The summed E-state index contributed by atoms with van der Waals surface area (Å²) >= 11 is 0. The fourth-order valence-corrected chi connectivity index (χ4v) is 3.63. The fraction of sp³-hybridized carbons (Fsp3) is 0.348. The maximum absolute atomic E-state index is 13.1. The van der Waals surface area contributed by atoms with Crippen LogP contribution >= 0.6 is 0 Å². The van der Waals surface area contributed by atoms with Gasteiger partial charge in [-0.1, -0.05) is 35.5 Å². The second-order valence-electron chi connectivity index (χ2n) is 7.45. The van der Waals surface area contributed by atoms with Crippen molar-refractivity contribution in [2.24, 2.45) is 0 Å². The van der Waals surface area contributed by atoms with Crippen LogP contribution in [0.3, 0.4) is 0 Å². The van der Waals surface area contributed by atoms with E-state index in [9.17, 15) is 9.50 Å². The van der Waals surface area contributed by atoms with Crippen molar-refractivity contribution in [2.45, 2.75) is 44.1 Å². The molecule has 0 aliphatic carbocycles. The molecule has 3 atom stereocenters. The van der Waals surface area contributed by atoms with Crippen LogP contribution in [-0.4, -0.2) is 35.1 Å². The summed E-state index contributed by atoms with van der Waals surface area (Å²) in [6.45, 7) is 1.33. The number of nitrogens with one attached hydrogen (secondary N) is 1. The maximum atomic E-state index is 13.1. The summed E-state index contributed by atoms with van der Waals surface area (Å²) in [7, 11) is 0. The number of rotatable bonds is 7. The minimum Gasteiger partial charge on any atom is -0.390 e. The minimum atomic E-state index is -0.471. The van der Waals surface area contributed by atoms with Crippen molar-refractivity contribution >= 4 is 0 Å². The van der Waals surface area contributed by atoms with Crippen LogP contribution in [-0.2, 0) is 17.7 Å². The van der Waals surface area contributed by atoms with Gasteiger partial charge in [0.2, 0.25) is 0 Å². The summed E-state index contributed by atoms with van der Waals surface area (Å²) in [5.74, 6) is 0.325. The van der Waals surface area contributed by atoms with Gasteiger partial charge in [-0.25, -0.2) is 4.39 Å². The summed E-state index contributed by atoms with van der Waals surface area (Å²) in [5, 5.41) is 17.8. The Morgan fingerprint density at radius 3 is 2.66 bits per heavy atom. The molecule has 0 bridgehead atoms. The van der Waals surface area contributed by atoms with Crippen molar-refractivity contribution in [3.05, 3.63) is 77.7 Å². The molecule has 5 nitrogen and oxygen atoms in total. The minimum absolute atomic E-state index is 0.0203. The first-order valence-electron chi connectivity index (χ1n) is 9.97. The molecule has 152 valence electrons. The molecule has 2 N–H and O–H groups in total. The van der Waals surface area contributed by atoms with Crippen molar-refractivity contribution in [1.82, 2.24) is 10.5 Å². The molecule has 0 saturated carbocycles. The zero-order valence-corrected chi connectivity index (χ0v) is 16.1. The normalized spacial score (nSPS) is 21.9. The van der Waals surface area contributed by atoms with E-state index in [1.54, 1.807) is 12.1 Å². The Labute approximate surface area is 169 Å². The predicted molar refractivity (Wildman–Crippen MR) is 108 cm³/mol. The van der Waals surface area contributed by atoms with Crippen molar-refractivity contribution in [2.75, 3.05) is 6.54 Å². The smallest absolute Gasteiger partial charge is 0.167 e. The van der Waals surface area contributed by atoms with Crippen molar-refractivity contribution in [3.8, 4) is 11.3 Å². The van der Waals surface area contributed by atoms with E-state index in [4.69, 9.17) is 9.26 Å². The van der Waals surface area contributed by atoms with Crippen molar-refractivity contribution in [3.63, 3.8) is 0 Å². The second-order valence-corrected chi connectivity index (χ2v) is 7.45. The van der Waals surface area contributed by atoms with Gasteiger partial charge in [-0.3, -0.25) is 0 Å². The van der Waals surface area contributed by atoms with E-state index in [-0.39, 0.29) is 18.0 Å². The summed E-state index contributed by atoms with van der Waals surface area (Å²) < 4.78 is 24.6. The van der Waals surface area contributed by atoms with Crippen LogP contribution in [0.1, 0.15) is 24.1 Å². The lowest BCUT2D eigenvalue weighted by molar-refractivity contribution is -0.115. The monoisotopic (exact) mass is 396 g/mol. The Bertz CT molecular complexity index is 898. The molecule has 1 aliphatic rings. The van der Waals surface area contributed by atoms with Gasteiger partial charge < -0.3 is 19.7 Å². The molecule has 0 amide bonds. The Hall–Kier alpha value is -2.54. The summed E-state index contributed by atoms with van der Waals surface area (Å²) in [6, 6.07) is 18.1. The zero-order valence-electron chi connectivity index (χ0n) is 16.1. The molecule has 0 spiro atoms. The van der Waals surface area contributed by atoms with E-state index in [0.29, 0.717) is 25.1 Å². The number of halogens is 1. The number of hydrogen-bond acceptors (Lipinski definition) is 5. The van der Waals surface area contributed by atoms with E-state index in [1.165, 1.54) is 17.7 Å². The Balaban J connectivity index is 1.30. The molecule has 0 radical (unpaired) electrons. The van der Waals surface area contributed by atoms with Gasteiger partial charge in [0, 0.05) is 31.1 Å². The number of nitrogens with zero attached hydrogens (tertiary/aromatic N) is 1. The average molecular weight is 396 g/mol. The van der Waals surface area contributed by atoms with Crippen molar-refractivity contribution < 1.29 is 18.8 Å². The maximum Gasteiger partial charge on any atom is 0.167 e. The Morgan fingerprint density at radius 1 is 1.07 bits per heavy atom. The number of aromatic nitrogens is 1. The zero-order chi connectivity index (χ0) is 20.1. The molecule has 1 aliphatic heterocycles. The van der Waals surface area contributed by atoms with Crippen LogP contribution in [0, 0.1) is 5.82 Å². The van der Waals surface area contributed by atoms with Crippen LogP contribution in [0.25, 0.3) is 11.3 Å². The highest BCUT2D eigenvalue weighted by atomic mass is 19.1. The van der Waals surface area contributed by atoms with Gasteiger partial charge in [0.05, 0.1) is 24.0 Å². The molecule has 2 heterocycles. The van der Waals surface area contributed by atoms with E-state index in [1.807, 2.05) is 24.3 Å². The molecular weight excluding hydrogens is 371 g/mol. The van der Waals surface area contributed by atoms with Crippen LogP contribution in [0.15, 0.2) is 65.2 Å². The quantitative estimate of drug-likeness (QED) is 0.637. The van der Waals surface area contributed by atoms with E-state index < -0.39 is 6.10 Å². The Morgan fingerprint density at radius 2 is 1.86 bits per heavy atom. The van der Waals surface area contributed by atoms with Crippen molar-refractivity contribution in [1.29, 1.82) is 0 Å². The molecule has 29 heavy (non-hydrogen) atoms. The molecule has 3 aromatic rings. The van der Waals surface area contributed by atoms with E-state index >= 15 is 0 Å². The molecule has 2 aromatic carbocycles. The number of aliphatic hydroxyl groups is 1. The third-order valence-corrected chi connectivity index (χ3v) is 5.22. The standard InChI is InChI=1S/C23H25FN2O3/c24-18-8-6-17(7-9-18)22-13-19(26-29-22)12-20-10-11-21(27)23(28-20)15-25-14-16-4-2-1-3-5-16/h1-9,13,20-21,23,25,27H,10-12,14-15H2/t20-,21-,23+/m0/s1. The first kappa shape index (κ1) is 19.8. The highest BCUT2D eigenvalue weighted by Gasteiger charge is 2.30.